The van der Waals surface area contributed by atoms with Gasteiger partial charge in [-0.25, -0.2) is 0 Å². The molecule has 0 radical (unpaired) electrons. The summed E-state index contributed by atoms with van der Waals surface area (Å²) in [4.78, 5) is 13.7. The van der Waals surface area contributed by atoms with Gasteiger partial charge in [0, 0.05) is 19.2 Å². The normalized spacial score (nSPS) is 19.3. The van der Waals surface area contributed by atoms with Gasteiger partial charge < -0.3 is 25.8 Å². The summed E-state index contributed by atoms with van der Waals surface area (Å²) in [5, 5.41) is 12.0. The van der Waals surface area contributed by atoms with Crippen molar-refractivity contribution in [3.63, 3.8) is 0 Å². The second kappa shape index (κ2) is 5.90. The summed E-state index contributed by atoms with van der Waals surface area (Å²) in [6.07, 6.45) is 0. The number of hydrogen-bond acceptors (Lipinski definition) is 5. The molecule has 19 heavy (non-hydrogen) atoms. The van der Waals surface area contributed by atoms with Gasteiger partial charge in [-0.2, -0.15) is 0 Å². The van der Waals surface area contributed by atoms with E-state index in [-0.39, 0.29) is 18.6 Å². The number of rotatable bonds is 3. The minimum Gasteiger partial charge on any atom is -0.397 e. The van der Waals surface area contributed by atoms with Gasteiger partial charge >= 0.3 is 0 Å². The molecule has 6 heteroatoms. The highest BCUT2D eigenvalue weighted by Gasteiger charge is 2.24. The molecule has 0 bridgehead atoms. The van der Waals surface area contributed by atoms with Crippen LogP contribution in [0.4, 0.5) is 11.4 Å². The molecule has 1 amide bonds. The number of benzene rings is 1. The molecular weight excluding hydrogens is 246 g/mol. The van der Waals surface area contributed by atoms with E-state index < -0.39 is 0 Å². The number of nitrogen functional groups attached to an aromatic ring is 1. The maximum atomic E-state index is 11.7. The Balaban J connectivity index is 2.34. The van der Waals surface area contributed by atoms with Gasteiger partial charge in [0.05, 0.1) is 37.2 Å². The fraction of sp³-hybridized carbons (Fsp3) is 0.462. The van der Waals surface area contributed by atoms with Gasteiger partial charge in [-0.15, -0.1) is 0 Å². The van der Waals surface area contributed by atoms with E-state index in [4.69, 9.17) is 10.5 Å². The van der Waals surface area contributed by atoms with Crippen molar-refractivity contribution in [1.29, 1.82) is 0 Å². The number of nitrogens with two attached hydrogens (primary N) is 1. The van der Waals surface area contributed by atoms with E-state index in [2.05, 4.69) is 5.32 Å². The lowest BCUT2D eigenvalue weighted by Crippen LogP contribution is -2.48. The van der Waals surface area contributed by atoms with Gasteiger partial charge in [0.25, 0.3) is 5.91 Å². The Kier molecular flexibility index (Phi) is 4.24. The number of carbonyl (C=O) groups excluding carboxylic acids is 1. The zero-order chi connectivity index (χ0) is 13.8. The average Bonchev–Trinajstić information content (AvgIpc) is 2.47. The number of morpholine rings is 1. The molecule has 1 aromatic rings. The molecule has 4 N–H and O–H groups in total. The molecule has 0 saturated carbocycles. The van der Waals surface area contributed by atoms with Crippen molar-refractivity contribution in [2.45, 2.75) is 6.04 Å². The first kappa shape index (κ1) is 13.6. The van der Waals surface area contributed by atoms with Crippen molar-refractivity contribution in [2.75, 3.05) is 44.0 Å². The summed E-state index contributed by atoms with van der Waals surface area (Å²) in [5.74, 6) is -0.157. The van der Waals surface area contributed by atoms with Crippen LogP contribution in [0.5, 0.6) is 0 Å². The molecule has 1 atom stereocenters. The summed E-state index contributed by atoms with van der Waals surface area (Å²) >= 11 is 0. The van der Waals surface area contributed by atoms with E-state index in [0.717, 1.165) is 5.69 Å². The van der Waals surface area contributed by atoms with Gasteiger partial charge in [-0.3, -0.25) is 4.79 Å². The van der Waals surface area contributed by atoms with Gasteiger partial charge in [0.1, 0.15) is 0 Å². The number of nitrogens with zero attached hydrogens (tertiary/aromatic N) is 1. The second-order valence-corrected chi connectivity index (χ2v) is 4.46. The van der Waals surface area contributed by atoms with Crippen LogP contribution in [0, 0.1) is 0 Å². The van der Waals surface area contributed by atoms with E-state index in [0.29, 0.717) is 31.0 Å². The van der Waals surface area contributed by atoms with Crippen LogP contribution in [-0.2, 0) is 4.74 Å². The van der Waals surface area contributed by atoms with Gasteiger partial charge in [-0.05, 0) is 18.2 Å². The molecule has 0 aromatic heterocycles. The topological polar surface area (TPSA) is 87.8 Å². The van der Waals surface area contributed by atoms with E-state index in [1.165, 1.54) is 0 Å². The molecule has 1 aliphatic heterocycles. The first-order chi connectivity index (χ1) is 9.17. The second-order valence-electron chi connectivity index (χ2n) is 4.46. The number of hydrogen-bond donors (Lipinski definition) is 3. The van der Waals surface area contributed by atoms with Crippen molar-refractivity contribution in [3.05, 3.63) is 23.8 Å². The molecule has 2 rings (SSSR count). The molecule has 0 aliphatic carbocycles. The number of amides is 1. The lowest BCUT2D eigenvalue weighted by Gasteiger charge is -2.37. The van der Waals surface area contributed by atoms with Crippen LogP contribution in [0.3, 0.4) is 0 Å². The number of carbonyl (C=O) groups is 1. The van der Waals surface area contributed by atoms with Crippen molar-refractivity contribution >= 4 is 17.3 Å². The molecule has 1 unspecified atom stereocenters. The zero-order valence-electron chi connectivity index (χ0n) is 10.9. The molecule has 1 aliphatic rings. The van der Waals surface area contributed by atoms with Crippen molar-refractivity contribution in [3.8, 4) is 0 Å². The SMILES string of the molecule is CNC(=O)c1ccc(N)c(N2CCOCC2CO)c1. The Morgan fingerprint density at radius 1 is 1.63 bits per heavy atom. The average molecular weight is 265 g/mol. The van der Waals surface area contributed by atoms with E-state index >= 15 is 0 Å². The van der Waals surface area contributed by atoms with Crippen molar-refractivity contribution in [1.82, 2.24) is 5.32 Å². The van der Waals surface area contributed by atoms with Crippen LogP contribution >= 0.6 is 0 Å². The predicted octanol–water partition coefficient (Wildman–Crippen LogP) is -0.174. The Hall–Kier alpha value is -1.79. The van der Waals surface area contributed by atoms with Crippen LogP contribution in [-0.4, -0.2) is 50.5 Å². The summed E-state index contributed by atoms with van der Waals surface area (Å²) in [6.45, 7) is 1.68. The molecule has 1 fully saturated rings. The molecule has 0 spiro atoms. The first-order valence-electron chi connectivity index (χ1n) is 6.24. The Labute approximate surface area is 112 Å². The van der Waals surface area contributed by atoms with Crippen LogP contribution in [0.1, 0.15) is 10.4 Å². The summed E-state index contributed by atoms with van der Waals surface area (Å²) < 4.78 is 5.34. The van der Waals surface area contributed by atoms with Crippen LogP contribution in [0.15, 0.2) is 18.2 Å². The summed E-state index contributed by atoms with van der Waals surface area (Å²) in [6, 6.07) is 5.02. The minimum absolute atomic E-state index is 0.0103. The number of aliphatic hydroxyl groups excluding tert-OH is 1. The molecule has 6 nitrogen and oxygen atoms in total. The summed E-state index contributed by atoms with van der Waals surface area (Å²) in [5.41, 5.74) is 7.89. The van der Waals surface area contributed by atoms with E-state index in [1.807, 2.05) is 4.90 Å². The third-order valence-corrected chi connectivity index (χ3v) is 3.27. The van der Waals surface area contributed by atoms with Gasteiger partial charge in [-0.1, -0.05) is 0 Å². The third-order valence-electron chi connectivity index (χ3n) is 3.27. The zero-order valence-corrected chi connectivity index (χ0v) is 10.9. The quantitative estimate of drug-likeness (QED) is 0.660. The highest BCUT2D eigenvalue weighted by atomic mass is 16.5. The largest absolute Gasteiger partial charge is 0.397 e. The third kappa shape index (κ3) is 2.80. The first-order valence-corrected chi connectivity index (χ1v) is 6.24. The lowest BCUT2D eigenvalue weighted by molar-refractivity contribution is 0.0728. The molecule has 1 saturated heterocycles. The van der Waals surface area contributed by atoms with E-state index in [1.54, 1.807) is 25.2 Å². The minimum atomic E-state index is -0.157. The van der Waals surface area contributed by atoms with Crippen LogP contribution in [0.25, 0.3) is 0 Å². The Morgan fingerprint density at radius 2 is 2.42 bits per heavy atom. The predicted molar refractivity (Wildman–Crippen MR) is 73.3 cm³/mol. The monoisotopic (exact) mass is 265 g/mol. The van der Waals surface area contributed by atoms with E-state index in [9.17, 15) is 9.90 Å². The van der Waals surface area contributed by atoms with Crippen molar-refractivity contribution < 1.29 is 14.6 Å². The van der Waals surface area contributed by atoms with Crippen molar-refractivity contribution in [2.24, 2.45) is 0 Å². The highest BCUT2D eigenvalue weighted by molar-refractivity contribution is 5.96. The number of aliphatic hydroxyl groups is 1. The lowest BCUT2D eigenvalue weighted by atomic mass is 10.1. The molecule has 1 aromatic carbocycles. The number of ether oxygens (including phenoxy) is 1. The molecular formula is C13H19N3O3. The van der Waals surface area contributed by atoms with Gasteiger partial charge in [0.15, 0.2) is 0 Å². The fourth-order valence-corrected chi connectivity index (χ4v) is 2.20. The van der Waals surface area contributed by atoms with Crippen LogP contribution in [0.2, 0.25) is 0 Å². The number of anilines is 2. The highest BCUT2D eigenvalue weighted by Crippen LogP contribution is 2.27. The maximum Gasteiger partial charge on any atom is 0.251 e. The fourth-order valence-electron chi connectivity index (χ4n) is 2.20. The molecule has 104 valence electrons. The summed E-state index contributed by atoms with van der Waals surface area (Å²) in [7, 11) is 1.59. The standard InChI is InChI=1S/C13H19N3O3/c1-15-13(18)9-2-3-11(14)12(6-9)16-4-5-19-8-10(16)7-17/h2-3,6,10,17H,4-5,7-8,14H2,1H3,(H,15,18). The maximum absolute atomic E-state index is 11.7. The van der Waals surface area contributed by atoms with Gasteiger partial charge in [0.2, 0.25) is 0 Å². The smallest absolute Gasteiger partial charge is 0.251 e. The Bertz CT molecular complexity index is 464. The van der Waals surface area contributed by atoms with Crippen LogP contribution < -0.4 is 16.0 Å². The Morgan fingerprint density at radius 3 is 3.11 bits per heavy atom. The molecule has 1 heterocycles. The number of nitrogens with one attached hydrogen (secondary N) is 1.